The SMILES string of the molecule is COc1cc(CN2CCc3c(nc(C(F)(F)F)[nH]c3=O)C2)cc(Cl)c1O. The number of benzene rings is 1. The summed E-state index contributed by atoms with van der Waals surface area (Å²) in [5, 5.41) is 9.89. The van der Waals surface area contributed by atoms with Crippen molar-refractivity contribution < 1.29 is 23.0 Å². The number of H-pyrrole nitrogens is 1. The molecule has 6 nitrogen and oxygen atoms in total. The van der Waals surface area contributed by atoms with Crippen molar-refractivity contribution in [2.24, 2.45) is 0 Å². The molecule has 0 bridgehead atoms. The number of rotatable bonds is 3. The summed E-state index contributed by atoms with van der Waals surface area (Å²) >= 11 is 5.96. The van der Waals surface area contributed by atoms with Crippen LogP contribution in [0.4, 0.5) is 13.2 Å². The normalized spacial score (nSPS) is 15.0. The second-order valence-corrected chi connectivity index (χ2v) is 6.33. The van der Waals surface area contributed by atoms with E-state index in [1.54, 1.807) is 17.1 Å². The van der Waals surface area contributed by atoms with Crippen LogP contribution in [-0.2, 0) is 25.7 Å². The molecule has 0 amide bonds. The number of phenolic OH excluding ortho intramolecular Hbond substituents is 1. The number of alkyl halides is 3. The van der Waals surface area contributed by atoms with Gasteiger partial charge in [-0.25, -0.2) is 4.98 Å². The van der Waals surface area contributed by atoms with Crippen molar-refractivity contribution in [2.75, 3.05) is 13.7 Å². The van der Waals surface area contributed by atoms with Gasteiger partial charge in [-0.05, 0) is 24.1 Å². The van der Waals surface area contributed by atoms with Crippen LogP contribution >= 0.6 is 11.6 Å². The largest absolute Gasteiger partial charge is 0.503 e. The molecular weight excluding hydrogens is 375 g/mol. The molecule has 10 heteroatoms. The molecule has 0 atom stereocenters. The second-order valence-electron chi connectivity index (χ2n) is 5.93. The Morgan fingerprint density at radius 2 is 2.15 bits per heavy atom. The maximum absolute atomic E-state index is 12.8. The Balaban J connectivity index is 1.86. The highest BCUT2D eigenvalue weighted by Gasteiger charge is 2.36. The average molecular weight is 390 g/mol. The van der Waals surface area contributed by atoms with E-state index < -0.39 is 17.6 Å². The van der Waals surface area contributed by atoms with Crippen molar-refractivity contribution in [3.63, 3.8) is 0 Å². The topological polar surface area (TPSA) is 78.5 Å². The lowest BCUT2D eigenvalue weighted by Gasteiger charge is -2.28. The first-order valence-corrected chi connectivity index (χ1v) is 8.04. The van der Waals surface area contributed by atoms with Crippen molar-refractivity contribution in [1.82, 2.24) is 14.9 Å². The van der Waals surface area contributed by atoms with Crippen molar-refractivity contribution in [2.45, 2.75) is 25.7 Å². The molecule has 0 spiro atoms. The van der Waals surface area contributed by atoms with Crippen LogP contribution < -0.4 is 10.3 Å². The van der Waals surface area contributed by atoms with Crippen LogP contribution in [0.1, 0.15) is 22.6 Å². The Kier molecular flexibility index (Phi) is 4.85. The van der Waals surface area contributed by atoms with E-state index in [0.29, 0.717) is 25.1 Å². The van der Waals surface area contributed by atoms with Gasteiger partial charge in [0.1, 0.15) is 0 Å². The molecule has 140 valence electrons. The first-order chi connectivity index (χ1) is 12.2. The summed E-state index contributed by atoms with van der Waals surface area (Å²) in [6.07, 6.45) is -4.42. The molecule has 0 radical (unpaired) electrons. The first-order valence-electron chi connectivity index (χ1n) is 7.66. The highest BCUT2D eigenvalue weighted by molar-refractivity contribution is 6.32. The summed E-state index contributed by atoms with van der Waals surface area (Å²) in [5.74, 6) is -1.26. The Morgan fingerprint density at radius 1 is 1.42 bits per heavy atom. The summed E-state index contributed by atoms with van der Waals surface area (Å²) < 4.78 is 43.6. The van der Waals surface area contributed by atoms with E-state index in [-0.39, 0.29) is 34.3 Å². The summed E-state index contributed by atoms with van der Waals surface area (Å²) in [5.41, 5.74) is 0.352. The molecule has 2 N–H and O–H groups in total. The van der Waals surface area contributed by atoms with Gasteiger partial charge in [-0.1, -0.05) is 11.6 Å². The van der Waals surface area contributed by atoms with E-state index in [1.165, 1.54) is 7.11 Å². The Morgan fingerprint density at radius 3 is 2.81 bits per heavy atom. The van der Waals surface area contributed by atoms with Gasteiger partial charge in [0, 0.05) is 25.2 Å². The van der Waals surface area contributed by atoms with Gasteiger partial charge in [0.15, 0.2) is 11.5 Å². The molecule has 1 aromatic carbocycles. The number of aromatic hydroxyl groups is 1. The van der Waals surface area contributed by atoms with Crippen LogP contribution in [0, 0.1) is 0 Å². The molecule has 2 aromatic rings. The number of hydrogen-bond donors (Lipinski definition) is 2. The quantitative estimate of drug-likeness (QED) is 0.844. The predicted molar refractivity (Wildman–Crippen MR) is 87.3 cm³/mol. The average Bonchev–Trinajstić information content (AvgIpc) is 2.56. The number of hydrogen-bond acceptors (Lipinski definition) is 5. The minimum atomic E-state index is -4.71. The van der Waals surface area contributed by atoms with Crippen molar-refractivity contribution in [3.05, 3.63) is 50.2 Å². The van der Waals surface area contributed by atoms with E-state index in [9.17, 15) is 23.1 Å². The van der Waals surface area contributed by atoms with Gasteiger partial charge in [-0.2, -0.15) is 13.2 Å². The standard InChI is InChI=1S/C16H15ClF3N3O3/c1-26-12-5-8(4-10(17)13(12)24)6-23-3-2-9-11(7-23)21-15(16(18,19)20)22-14(9)25/h4-5,24H,2-3,6-7H2,1H3,(H,21,22,25). The fourth-order valence-corrected chi connectivity index (χ4v) is 3.13. The van der Waals surface area contributed by atoms with E-state index in [4.69, 9.17) is 16.3 Å². The number of aromatic nitrogens is 2. The Hall–Kier alpha value is -2.26. The first kappa shape index (κ1) is 18.5. The third-order valence-corrected chi connectivity index (χ3v) is 4.42. The third-order valence-electron chi connectivity index (χ3n) is 4.14. The number of methoxy groups -OCH3 is 1. The summed E-state index contributed by atoms with van der Waals surface area (Å²) in [4.78, 5) is 19.1. The minimum Gasteiger partial charge on any atom is -0.503 e. The van der Waals surface area contributed by atoms with E-state index in [2.05, 4.69) is 4.98 Å². The van der Waals surface area contributed by atoms with Gasteiger partial charge < -0.3 is 14.8 Å². The van der Waals surface area contributed by atoms with Gasteiger partial charge in [0.25, 0.3) is 5.56 Å². The number of ether oxygens (including phenoxy) is 1. The van der Waals surface area contributed by atoms with Crippen LogP contribution in [0.15, 0.2) is 16.9 Å². The molecule has 1 aliphatic heterocycles. The van der Waals surface area contributed by atoms with Crippen molar-refractivity contribution in [1.29, 1.82) is 0 Å². The van der Waals surface area contributed by atoms with Gasteiger partial charge in [0.05, 0.1) is 17.8 Å². The Bertz CT molecular complexity index is 899. The number of fused-ring (bicyclic) bond motifs is 1. The van der Waals surface area contributed by atoms with E-state index in [0.717, 1.165) is 0 Å². The summed E-state index contributed by atoms with van der Waals surface area (Å²) in [6, 6.07) is 3.16. The molecule has 0 saturated carbocycles. The number of aromatic amines is 1. The van der Waals surface area contributed by atoms with Gasteiger partial charge in [0.2, 0.25) is 5.82 Å². The number of nitrogens with zero attached hydrogens (tertiary/aromatic N) is 2. The highest BCUT2D eigenvalue weighted by atomic mass is 35.5. The van der Waals surface area contributed by atoms with Crippen molar-refractivity contribution in [3.8, 4) is 11.5 Å². The molecule has 0 unspecified atom stereocenters. The third kappa shape index (κ3) is 3.63. The Labute approximate surface area is 151 Å². The number of nitrogens with one attached hydrogen (secondary N) is 1. The molecular formula is C16H15ClF3N3O3. The molecule has 2 heterocycles. The smallest absolute Gasteiger partial charge is 0.449 e. The lowest BCUT2D eigenvalue weighted by atomic mass is 10.1. The highest BCUT2D eigenvalue weighted by Crippen LogP contribution is 2.35. The summed E-state index contributed by atoms with van der Waals surface area (Å²) in [6.45, 7) is 0.929. The zero-order chi connectivity index (χ0) is 19.1. The molecule has 1 aliphatic rings. The number of halogens is 4. The molecule has 1 aromatic heterocycles. The predicted octanol–water partition coefficient (Wildman–Crippen LogP) is 2.71. The van der Waals surface area contributed by atoms with Gasteiger partial charge >= 0.3 is 6.18 Å². The lowest BCUT2D eigenvalue weighted by molar-refractivity contribution is -0.145. The van der Waals surface area contributed by atoms with Gasteiger partial charge in [-0.3, -0.25) is 9.69 Å². The molecule has 26 heavy (non-hydrogen) atoms. The minimum absolute atomic E-state index is 0.100. The van der Waals surface area contributed by atoms with Crippen LogP contribution in [0.2, 0.25) is 5.02 Å². The van der Waals surface area contributed by atoms with E-state index >= 15 is 0 Å². The summed E-state index contributed by atoms with van der Waals surface area (Å²) in [7, 11) is 1.39. The second kappa shape index (κ2) is 6.81. The maximum Gasteiger partial charge on any atom is 0.449 e. The van der Waals surface area contributed by atoms with Crippen LogP contribution in [0.25, 0.3) is 0 Å². The molecule has 0 aliphatic carbocycles. The number of phenols is 1. The van der Waals surface area contributed by atoms with Crippen LogP contribution in [-0.4, -0.2) is 33.6 Å². The fourth-order valence-electron chi connectivity index (χ4n) is 2.90. The van der Waals surface area contributed by atoms with Crippen molar-refractivity contribution >= 4 is 11.6 Å². The lowest BCUT2D eigenvalue weighted by Crippen LogP contribution is -2.36. The maximum atomic E-state index is 12.8. The van der Waals surface area contributed by atoms with Gasteiger partial charge in [-0.15, -0.1) is 0 Å². The fraction of sp³-hybridized carbons (Fsp3) is 0.375. The van der Waals surface area contributed by atoms with E-state index in [1.807, 2.05) is 4.90 Å². The molecule has 3 rings (SSSR count). The zero-order valence-corrected chi connectivity index (χ0v) is 14.4. The monoisotopic (exact) mass is 389 g/mol. The van der Waals surface area contributed by atoms with Crippen LogP contribution in [0.3, 0.4) is 0 Å². The van der Waals surface area contributed by atoms with Crippen LogP contribution in [0.5, 0.6) is 11.5 Å². The molecule has 0 saturated heterocycles. The zero-order valence-electron chi connectivity index (χ0n) is 13.7. The molecule has 0 fully saturated rings.